The Bertz CT molecular complexity index is 196. The molecular weight excluding hydrogens is 154 g/mol. The highest BCUT2D eigenvalue weighted by molar-refractivity contribution is 7.07. The lowest BCUT2D eigenvalue weighted by Gasteiger charge is -2.15. The number of nitrogens with two attached hydrogens (primary N) is 1. The first-order valence-corrected chi connectivity index (χ1v) is 4.88. The van der Waals surface area contributed by atoms with Crippen LogP contribution in [-0.2, 0) is 6.54 Å². The minimum Gasteiger partial charge on any atom is -0.338 e. The van der Waals surface area contributed by atoms with Crippen molar-refractivity contribution in [3.8, 4) is 0 Å². The minimum atomic E-state index is 0.349. The topological polar surface area (TPSA) is 16.6 Å². The zero-order valence-electron chi connectivity index (χ0n) is 7.42. The van der Waals surface area contributed by atoms with E-state index in [9.17, 15) is 0 Å². The first-order valence-electron chi connectivity index (χ1n) is 3.93. The second-order valence-electron chi connectivity index (χ2n) is 3.91. The van der Waals surface area contributed by atoms with Crippen molar-refractivity contribution in [3.05, 3.63) is 22.4 Å². The van der Waals surface area contributed by atoms with E-state index in [1.54, 1.807) is 11.3 Å². The lowest BCUT2D eigenvalue weighted by molar-refractivity contribution is -0.731. The van der Waals surface area contributed by atoms with Crippen LogP contribution in [0.3, 0.4) is 0 Å². The molecule has 0 saturated carbocycles. The van der Waals surface area contributed by atoms with Gasteiger partial charge >= 0.3 is 0 Å². The van der Waals surface area contributed by atoms with Crippen molar-refractivity contribution in [1.82, 2.24) is 0 Å². The molecule has 1 aromatic heterocycles. The molecule has 0 amide bonds. The lowest BCUT2D eigenvalue weighted by atomic mass is 10.1. The van der Waals surface area contributed by atoms with Crippen molar-refractivity contribution in [2.75, 3.05) is 0 Å². The van der Waals surface area contributed by atoms with Gasteiger partial charge in [-0.25, -0.2) is 0 Å². The van der Waals surface area contributed by atoms with Gasteiger partial charge in [0, 0.05) is 5.56 Å². The molecular formula is C9H16NS+. The van der Waals surface area contributed by atoms with E-state index in [4.69, 9.17) is 0 Å². The van der Waals surface area contributed by atoms with Crippen LogP contribution in [0.2, 0.25) is 0 Å². The molecule has 0 fully saturated rings. The first-order chi connectivity index (χ1) is 5.08. The van der Waals surface area contributed by atoms with Gasteiger partial charge < -0.3 is 5.32 Å². The summed E-state index contributed by atoms with van der Waals surface area (Å²) in [6.45, 7) is 7.81. The second kappa shape index (κ2) is 3.37. The minimum absolute atomic E-state index is 0.349. The van der Waals surface area contributed by atoms with E-state index in [1.807, 2.05) is 0 Å². The van der Waals surface area contributed by atoms with Gasteiger partial charge in [0.1, 0.15) is 6.54 Å². The molecule has 0 radical (unpaired) electrons. The van der Waals surface area contributed by atoms with Crippen molar-refractivity contribution in [2.24, 2.45) is 0 Å². The quantitative estimate of drug-likeness (QED) is 0.694. The Balaban J connectivity index is 2.35. The molecule has 0 aliphatic rings. The zero-order valence-corrected chi connectivity index (χ0v) is 8.24. The molecule has 0 aliphatic carbocycles. The Labute approximate surface area is 72.4 Å². The second-order valence-corrected chi connectivity index (χ2v) is 4.69. The van der Waals surface area contributed by atoms with Crippen LogP contribution < -0.4 is 5.32 Å². The molecule has 1 rings (SSSR count). The Hall–Kier alpha value is -0.340. The number of hydrogen-bond acceptors (Lipinski definition) is 1. The Morgan fingerprint density at radius 1 is 1.45 bits per heavy atom. The third kappa shape index (κ3) is 3.54. The molecule has 0 saturated heterocycles. The SMILES string of the molecule is CC(C)(C)[NH2+]Cc1ccsc1. The van der Waals surface area contributed by atoms with Gasteiger partial charge in [-0.05, 0) is 37.6 Å². The first kappa shape index (κ1) is 8.75. The van der Waals surface area contributed by atoms with E-state index in [0.717, 1.165) is 6.54 Å². The lowest BCUT2D eigenvalue weighted by Crippen LogP contribution is -2.92. The molecule has 0 atom stereocenters. The predicted octanol–water partition coefficient (Wildman–Crippen LogP) is 1.61. The number of thiophene rings is 1. The fourth-order valence-corrected chi connectivity index (χ4v) is 1.51. The average molecular weight is 170 g/mol. The summed E-state index contributed by atoms with van der Waals surface area (Å²) in [5, 5.41) is 6.70. The summed E-state index contributed by atoms with van der Waals surface area (Å²) in [4.78, 5) is 0. The van der Waals surface area contributed by atoms with Crippen LogP contribution in [-0.4, -0.2) is 5.54 Å². The summed E-state index contributed by atoms with van der Waals surface area (Å²) in [5.41, 5.74) is 1.78. The van der Waals surface area contributed by atoms with Crippen LogP contribution in [0.1, 0.15) is 26.3 Å². The average Bonchev–Trinajstić information content (AvgIpc) is 2.32. The zero-order chi connectivity index (χ0) is 8.32. The predicted molar refractivity (Wildman–Crippen MR) is 49.7 cm³/mol. The van der Waals surface area contributed by atoms with Gasteiger partial charge in [0.2, 0.25) is 0 Å². The normalized spacial score (nSPS) is 11.9. The third-order valence-corrected chi connectivity index (χ3v) is 2.26. The van der Waals surface area contributed by atoms with Gasteiger partial charge in [0.25, 0.3) is 0 Å². The van der Waals surface area contributed by atoms with Crippen molar-refractivity contribution < 1.29 is 5.32 Å². The molecule has 1 heterocycles. The van der Waals surface area contributed by atoms with Crippen LogP contribution >= 0.6 is 11.3 Å². The standard InChI is InChI=1S/C9H15NS/c1-9(2,3)10-6-8-4-5-11-7-8/h4-5,7,10H,6H2,1-3H3/p+1. The fraction of sp³-hybridized carbons (Fsp3) is 0.556. The molecule has 11 heavy (non-hydrogen) atoms. The van der Waals surface area contributed by atoms with E-state index in [0.29, 0.717) is 5.54 Å². The molecule has 62 valence electrons. The van der Waals surface area contributed by atoms with E-state index in [-0.39, 0.29) is 0 Å². The summed E-state index contributed by atoms with van der Waals surface area (Å²) in [7, 11) is 0. The van der Waals surface area contributed by atoms with Crippen LogP contribution in [0, 0.1) is 0 Å². The maximum Gasteiger partial charge on any atom is 0.102 e. The molecule has 2 N–H and O–H groups in total. The van der Waals surface area contributed by atoms with Crippen molar-refractivity contribution in [1.29, 1.82) is 0 Å². The molecule has 0 aromatic carbocycles. The summed E-state index contributed by atoms with van der Waals surface area (Å²) in [6, 6.07) is 2.19. The molecule has 0 bridgehead atoms. The highest BCUT2D eigenvalue weighted by atomic mass is 32.1. The Kier molecular flexibility index (Phi) is 2.68. The number of hydrogen-bond donors (Lipinski definition) is 1. The largest absolute Gasteiger partial charge is 0.338 e. The van der Waals surface area contributed by atoms with Crippen LogP contribution in [0.5, 0.6) is 0 Å². The number of rotatable bonds is 2. The highest BCUT2D eigenvalue weighted by Gasteiger charge is 2.12. The monoisotopic (exact) mass is 170 g/mol. The van der Waals surface area contributed by atoms with Gasteiger partial charge in [0.05, 0.1) is 5.54 Å². The van der Waals surface area contributed by atoms with Crippen molar-refractivity contribution in [2.45, 2.75) is 32.9 Å². The van der Waals surface area contributed by atoms with Crippen LogP contribution in [0.25, 0.3) is 0 Å². The van der Waals surface area contributed by atoms with Gasteiger partial charge in [-0.3, -0.25) is 0 Å². The summed E-state index contributed by atoms with van der Waals surface area (Å²) in [6.07, 6.45) is 0. The Morgan fingerprint density at radius 2 is 2.18 bits per heavy atom. The maximum atomic E-state index is 2.36. The molecule has 0 unspecified atom stereocenters. The summed E-state index contributed by atoms with van der Waals surface area (Å²) < 4.78 is 0. The smallest absolute Gasteiger partial charge is 0.102 e. The third-order valence-electron chi connectivity index (χ3n) is 1.53. The fourth-order valence-electron chi connectivity index (χ4n) is 0.833. The van der Waals surface area contributed by atoms with E-state index < -0.39 is 0 Å². The molecule has 1 aromatic rings. The molecule has 0 spiro atoms. The van der Waals surface area contributed by atoms with Crippen molar-refractivity contribution in [3.63, 3.8) is 0 Å². The van der Waals surface area contributed by atoms with E-state index in [1.165, 1.54) is 5.56 Å². The number of quaternary nitrogens is 1. The van der Waals surface area contributed by atoms with Gasteiger partial charge in [-0.15, -0.1) is 0 Å². The molecule has 2 heteroatoms. The highest BCUT2D eigenvalue weighted by Crippen LogP contribution is 2.03. The van der Waals surface area contributed by atoms with Gasteiger partial charge in [-0.2, -0.15) is 11.3 Å². The Morgan fingerprint density at radius 3 is 2.64 bits per heavy atom. The summed E-state index contributed by atoms with van der Waals surface area (Å²) in [5.74, 6) is 0. The van der Waals surface area contributed by atoms with Gasteiger partial charge in [0.15, 0.2) is 0 Å². The van der Waals surface area contributed by atoms with Gasteiger partial charge in [-0.1, -0.05) is 0 Å². The summed E-state index contributed by atoms with van der Waals surface area (Å²) >= 11 is 1.77. The van der Waals surface area contributed by atoms with Crippen molar-refractivity contribution >= 4 is 11.3 Å². The molecule has 0 aliphatic heterocycles. The van der Waals surface area contributed by atoms with E-state index in [2.05, 4.69) is 42.9 Å². The van der Waals surface area contributed by atoms with Crippen LogP contribution in [0.15, 0.2) is 16.8 Å². The molecule has 1 nitrogen and oxygen atoms in total. The maximum absolute atomic E-state index is 2.36. The van der Waals surface area contributed by atoms with E-state index >= 15 is 0 Å². The van der Waals surface area contributed by atoms with Crippen LogP contribution in [0.4, 0.5) is 0 Å².